The van der Waals surface area contributed by atoms with Crippen LogP contribution in [0.2, 0.25) is 0 Å². The van der Waals surface area contributed by atoms with Gasteiger partial charge >= 0.3 is 0 Å². The summed E-state index contributed by atoms with van der Waals surface area (Å²) in [5.41, 5.74) is 0.682. The summed E-state index contributed by atoms with van der Waals surface area (Å²) in [6, 6.07) is 0. The molecule has 0 heteroatoms. The van der Waals surface area contributed by atoms with Crippen molar-refractivity contribution in [1.82, 2.24) is 0 Å². The molecule has 90 valence electrons. The summed E-state index contributed by atoms with van der Waals surface area (Å²) in [6.07, 6.45) is 11.6. The van der Waals surface area contributed by atoms with E-state index in [2.05, 4.69) is 27.7 Å². The van der Waals surface area contributed by atoms with Crippen molar-refractivity contribution in [1.29, 1.82) is 0 Å². The molecule has 1 aliphatic carbocycles. The molecule has 0 aromatic rings. The zero-order valence-corrected chi connectivity index (χ0v) is 11.3. The Morgan fingerprint density at radius 2 is 2.00 bits per heavy atom. The van der Waals surface area contributed by atoms with Gasteiger partial charge in [-0.1, -0.05) is 59.8 Å². The first kappa shape index (κ1) is 13.1. The van der Waals surface area contributed by atoms with Gasteiger partial charge in [-0.15, -0.1) is 0 Å². The summed E-state index contributed by atoms with van der Waals surface area (Å²) < 4.78 is 0. The van der Waals surface area contributed by atoms with Crippen LogP contribution in [0.1, 0.15) is 79.1 Å². The van der Waals surface area contributed by atoms with E-state index in [4.69, 9.17) is 0 Å². The highest BCUT2D eigenvalue weighted by Gasteiger charge is 2.35. The van der Waals surface area contributed by atoms with Gasteiger partial charge in [-0.05, 0) is 36.5 Å². The van der Waals surface area contributed by atoms with Crippen molar-refractivity contribution < 1.29 is 0 Å². The molecule has 3 unspecified atom stereocenters. The van der Waals surface area contributed by atoms with Crippen molar-refractivity contribution in [3.05, 3.63) is 0 Å². The number of hydrogen-bond acceptors (Lipinski definition) is 0. The van der Waals surface area contributed by atoms with E-state index in [1.54, 1.807) is 0 Å². The first-order valence-corrected chi connectivity index (χ1v) is 7.12. The Morgan fingerprint density at radius 1 is 1.27 bits per heavy atom. The van der Waals surface area contributed by atoms with Crippen LogP contribution >= 0.6 is 0 Å². The molecule has 1 rings (SSSR count). The average Bonchev–Trinajstić information content (AvgIpc) is 2.55. The summed E-state index contributed by atoms with van der Waals surface area (Å²) in [5.74, 6) is 1.97. The summed E-state index contributed by atoms with van der Waals surface area (Å²) in [5, 5.41) is 0. The Balaban J connectivity index is 2.34. The molecule has 0 nitrogen and oxygen atoms in total. The fourth-order valence-electron chi connectivity index (χ4n) is 3.27. The molecule has 0 N–H and O–H groups in total. The van der Waals surface area contributed by atoms with E-state index in [0.29, 0.717) is 5.41 Å². The lowest BCUT2D eigenvalue weighted by Crippen LogP contribution is -2.20. The molecule has 0 heterocycles. The van der Waals surface area contributed by atoms with Crippen LogP contribution < -0.4 is 0 Å². The van der Waals surface area contributed by atoms with E-state index in [0.717, 1.165) is 11.8 Å². The zero-order valence-electron chi connectivity index (χ0n) is 11.3. The molecule has 3 atom stereocenters. The minimum atomic E-state index is 0.682. The van der Waals surface area contributed by atoms with Crippen LogP contribution in [0.4, 0.5) is 0 Å². The van der Waals surface area contributed by atoms with Crippen LogP contribution in [-0.4, -0.2) is 0 Å². The molecule has 0 aromatic heterocycles. The van der Waals surface area contributed by atoms with Gasteiger partial charge < -0.3 is 0 Å². The lowest BCUT2D eigenvalue weighted by molar-refractivity contribution is 0.200. The second kappa shape index (κ2) is 5.92. The van der Waals surface area contributed by atoms with Gasteiger partial charge in [0.1, 0.15) is 0 Å². The minimum absolute atomic E-state index is 0.682. The first-order valence-electron chi connectivity index (χ1n) is 7.12. The highest BCUT2D eigenvalue weighted by atomic mass is 14.4. The Bertz CT molecular complexity index is 173. The highest BCUT2D eigenvalue weighted by molar-refractivity contribution is 4.86. The third kappa shape index (κ3) is 3.50. The molecule has 0 bridgehead atoms. The molecule has 0 amide bonds. The first-order chi connectivity index (χ1) is 7.12. The predicted octanol–water partition coefficient (Wildman–Crippen LogP) is 5.42. The average molecular weight is 210 g/mol. The van der Waals surface area contributed by atoms with Gasteiger partial charge in [0.2, 0.25) is 0 Å². The second-order valence-electron chi connectivity index (χ2n) is 6.05. The van der Waals surface area contributed by atoms with Gasteiger partial charge in [0.05, 0.1) is 0 Å². The third-order valence-electron chi connectivity index (χ3n) is 4.97. The summed E-state index contributed by atoms with van der Waals surface area (Å²) in [4.78, 5) is 0. The summed E-state index contributed by atoms with van der Waals surface area (Å²) in [7, 11) is 0. The number of rotatable bonds is 6. The van der Waals surface area contributed by atoms with Crippen molar-refractivity contribution in [2.24, 2.45) is 17.3 Å². The molecular formula is C15H30. The molecule has 1 fully saturated rings. The van der Waals surface area contributed by atoms with Crippen molar-refractivity contribution in [2.45, 2.75) is 79.1 Å². The molecule has 1 aliphatic rings. The van der Waals surface area contributed by atoms with E-state index in [1.807, 2.05) is 0 Å². The Kier molecular flexibility index (Phi) is 5.15. The lowest BCUT2D eigenvalue weighted by atomic mass is 9.75. The van der Waals surface area contributed by atoms with Gasteiger partial charge in [-0.2, -0.15) is 0 Å². The van der Waals surface area contributed by atoms with Crippen molar-refractivity contribution in [3.8, 4) is 0 Å². The van der Waals surface area contributed by atoms with Crippen molar-refractivity contribution >= 4 is 0 Å². The largest absolute Gasteiger partial charge is 0.0654 e. The third-order valence-corrected chi connectivity index (χ3v) is 4.97. The monoisotopic (exact) mass is 210 g/mol. The molecule has 0 aliphatic heterocycles. The van der Waals surface area contributed by atoms with Crippen LogP contribution in [0.3, 0.4) is 0 Å². The Labute approximate surface area is 96.8 Å². The molecule has 0 aromatic carbocycles. The van der Waals surface area contributed by atoms with Gasteiger partial charge in [0, 0.05) is 0 Å². The standard InChI is InChI=1S/C15H30/c1-5-8-14(6-2)10-12-15(4)11-7-9-13(15)3/h13-14H,5-12H2,1-4H3. The Hall–Kier alpha value is 0. The predicted molar refractivity (Wildman–Crippen MR) is 69.0 cm³/mol. The smallest absolute Gasteiger partial charge is 0.0300 e. The van der Waals surface area contributed by atoms with Gasteiger partial charge in [0.15, 0.2) is 0 Å². The maximum absolute atomic E-state index is 2.53. The zero-order chi connectivity index (χ0) is 11.3. The van der Waals surface area contributed by atoms with Gasteiger partial charge in [0.25, 0.3) is 0 Å². The fourth-order valence-corrected chi connectivity index (χ4v) is 3.27. The maximum atomic E-state index is 2.53. The Morgan fingerprint density at radius 3 is 2.47 bits per heavy atom. The SMILES string of the molecule is CCCC(CC)CCC1(C)CCCC1C. The summed E-state index contributed by atoms with van der Waals surface area (Å²) in [6.45, 7) is 9.68. The molecule has 0 spiro atoms. The van der Waals surface area contributed by atoms with Crippen LogP contribution in [0.5, 0.6) is 0 Å². The fraction of sp³-hybridized carbons (Fsp3) is 1.00. The van der Waals surface area contributed by atoms with Crippen LogP contribution in [-0.2, 0) is 0 Å². The van der Waals surface area contributed by atoms with Gasteiger partial charge in [-0.3, -0.25) is 0 Å². The van der Waals surface area contributed by atoms with E-state index in [-0.39, 0.29) is 0 Å². The molecule has 1 saturated carbocycles. The topological polar surface area (TPSA) is 0 Å². The normalized spacial score (nSPS) is 33.2. The van der Waals surface area contributed by atoms with Crippen molar-refractivity contribution in [3.63, 3.8) is 0 Å². The van der Waals surface area contributed by atoms with Crippen LogP contribution in [0.25, 0.3) is 0 Å². The van der Waals surface area contributed by atoms with Crippen LogP contribution in [0.15, 0.2) is 0 Å². The summed E-state index contributed by atoms with van der Waals surface area (Å²) >= 11 is 0. The second-order valence-corrected chi connectivity index (χ2v) is 6.05. The van der Waals surface area contributed by atoms with Crippen LogP contribution in [0, 0.1) is 17.3 Å². The molecule has 0 saturated heterocycles. The van der Waals surface area contributed by atoms with E-state index in [9.17, 15) is 0 Å². The van der Waals surface area contributed by atoms with E-state index in [1.165, 1.54) is 51.4 Å². The molecular weight excluding hydrogens is 180 g/mol. The van der Waals surface area contributed by atoms with E-state index >= 15 is 0 Å². The maximum Gasteiger partial charge on any atom is -0.0300 e. The van der Waals surface area contributed by atoms with Crippen molar-refractivity contribution in [2.75, 3.05) is 0 Å². The van der Waals surface area contributed by atoms with Gasteiger partial charge in [-0.25, -0.2) is 0 Å². The quantitative estimate of drug-likeness (QED) is 0.549. The minimum Gasteiger partial charge on any atom is -0.0654 e. The highest BCUT2D eigenvalue weighted by Crippen LogP contribution is 2.46. The van der Waals surface area contributed by atoms with E-state index < -0.39 is 0 Å². The molecule has 0 radical (unpaired) electrons. The molecule has 15 heavy (non-hydrogen) atoms. The number of hydrogen-bond donors (Lipinski definition) is 0. The lowest BCUT2D eigenvalue weighted by Gasteiger charge is -2.31.